The van der Waals surface area contributed by atoms with Gasteiger partial charge in [0.15, 0.2) is 11.6 Å². The molecule has 0 saturated carbocycles. The molecule has 1 fully saturated rings. The molecule has 8 nitrogen and oxygen atoms in total. The second-order valence-corrected chi connectivity index (χ2v) is 10.1. The fourth-order valence-corrected chi connectivity index (χ4v) is 5.59. The minimum absolute atomic E-state index is 0.216. The number of hydrogen-bond donors (Lipinski definition) is 0. The molecule has 0 bridgehead atoms. The number of nitriles is 1. The Morgan fingerprint density at radius 1 is 1.00 bits per heavy atom. The average molecular weight is 495 g/mol. The molecule has 1 aliphatic rings. The highest BCUT2D eigenvalue weighted by Crippen LogP contribution is 2.32. The van der Waals surface area contributed by atoms with Crippen molar-refractivity contribution in [1.82, 2.24) is 18.8 Å². The van der Waals surface area contributed by atoms with E-state index in [4.69, 9.17) is 5.26 Å². The number of anilines is 1. The first-order valence-electron chi connectivity index (χ1n) is 10.8. The molecule has 0 amide bonds. The van der Waals surface area contributed by atoms with E-state index in [0.29, 0.717) is 42.7 Å². The molecule has 4 heterocycles. The summed E-state index contributed by atoms with van der Waals surface area (Å²) in [6.45, 7) is 2.19. The summed E-state index contributed by atoms with van der Waals surface area (Å²) < 4.78 is 57.8. The molecule has 0 aliphatic carbocycles. The van der Waals surface area contributed by atoms with Crippen molar-refractivity contribution in [2.45, 2.75) is 4.90 Å². The molecular weight excluding hydrogens is 474 g/mol. The zero-order chi connectivity index (χ0) is 24.7. The molecule has 0 radical (unpaired) electrons. The van der Waals surface area contributed by atoms with Crippen molar-refractivity contribution in [3.8, 4) is 17.2 Å². The normalized spacial score (nSPS) is 14.9. The molecule has 35 heavy (non-hydrogen) atoms. The van der Waals surface area contributed by atoms with Crippen LogP contribution in [0.2, 0.25) is 0 Å². The summed E-state index contributed by atoms with van der Waals surface area (Å²) in [5.41, 5.74) is 1.53. The third kappa shape index (κ3) is 4.00. The number of hydrogen-bond acceptors (Lipinski definition) is 7. The Labute approximate surface area is 200 Å². The van der Waals surface area contributed by atoms with Gasteiger partial charge in [0.05, 0.1) is 16.6 Å². The summed E-state index contributed by atoms with van der Waals surface area (Å²) >= 11 is 0. The highest BCUT2D eigenvalue weighted by molar-refractivity contribution is 7.90. The van der Waals surface area contributed by atoms with Crippen molar-refractivity contribution in [3.05, 3.63) is 72.4 Å². The molecule has 0 unspecified atom stereocenters. The summed E-state index contributed by atoms with van der Waals surface area (Å²) in [6, 6.07) is 8.50. The predicted molar refractivity (Wildman–Crippen MR) is 126 cm³/mol. The summed E-state index contributed by atoms with van der Waals surface area (Å²) in [5.74, 6) is -1.85. The van der Waals surface area contributed by atoms with Gasteiger partial charge in [-0.2, -0.15) is 5.26 Å². The first-order valence-corrected chi connectivity index (χ1v) is 12.2. The van der Waals surface area contributed by atoms with Crippen LogP contribution in [-0.4, -0.2) is 60.5 Å². The van der Waals surface area contributed by atoms with Crippen LogP contribution in [0.25, 0.3) is 22.0 Å². The quantitative estimate of drug-likeness (QED) is 0.430. The number of aromatic nitrogens is 3. The Kier molecular flexibility index (Phi) is 5.70. The molecular formula is C24H20F2N6O2S. The first kappa shape index (κ1) is 22.9. The van der Waals surface area contributed by atoms with Crippen LogP contribution in [0.15, 0.2) is 60.0 Å². The number of halogens is 2. The Morgan fingerprint density at radius 2 is 1.71 bits per heavy atom. The molecule has 178 valence electrons. The summed E-state index contributed by atoms with van der Waals surface area (Å²) in [7, 11) is -2.39. The van der Waals surface area contributed by atoms with Gasteiger partial charge in [-0.05, 0) is 37.4 Å². The Bertz CT molecular complexity index is 1550. The van der Waals surface area contributed by atoms with Gasteiger partial charge in [-0.3, -0.25) is 4.98 Å². The van der Waals surface area contributed by atoms with Gasteiger partial charge in [0, 0.05) is 61.3 Å². The second-order valence-electron chi connectivity index (χ2n) is 8.31. The number of benzene rings is 1. The predicted octanol–water partition coefficient (Wildman–Crippen LogP) is 3.24. The van der Waals surface area contributed by atoms with E-state index in [-0.39, 0.29) is 16.9 Å². The fraction of sp³-hybridized carbons (Fsp3) is 0.208. The number of nitrogens with zero attached hydrogens (tertiary/aromatic N) is 6. The van der Waals surface area contributed by atoms with Gasteiger partial charge in [-0.15, -0.1) is 0 Å². The molecule has 0 atom stereocenters. The molecule has 1 saturated heterocycles. The second kappa shape index (κ2) is 8.72. The van der Waals surface area contributed by atoms with E-state index in [2.05, 4.69) is 14.9 Å². The minimum atomic E-state index is -4.32. The Hall–Kier alpha value is -3.88. The van der Waals surface area contributed by atoms with Crippen LogP contribution in [0.5, 0.6) is 0 Å². The van der Waals surface area contributed by atoms with Crippen LogP contribution in [0.4, 0.5) is 14.5 Å². The van der Waals surface area contributed by atoms with E-state index in [0.717, 1.165) is 16.1 Å². The fourth-order valence-electron chi connectivity index (χ4n) is 4.23. The third-order valence-electron chi connectivity index (χ3n) is 6.14. The highest BCUT2D eigenvalue weighted by Gasteiger charge is 2.27. The molecule has 0 N–H and O–H groups in total. The van der Waals surface area contributed by atoms with Crippen LogP contribution in [0.3, 0.4) is 0 Å². The number of fused-ring (bicyclic) bond motifs is 1. The lowest BCUT2D eigenvalue weighted by Gasteiger charge is -2.34. The Balaban J connectivity index is 1.55. The summed E-state index contributed by atoms with van der Waals surface area (Å²) in [6.07, 6.45) is 5.76. The van der Waals surface area contributed by atoms with E-state index in [1.165, 1.54) is 18.6 Å². The molecule has 4 aromatic rings. The number of pyridine rings is 2. The number of piperazine rings is 1. The van der Waals surface area contributed by atoms with Crippen LogP contribution in [-0.2, 0) is 10.0 Å². The van der Waals surface area contributed by atoms with E-state index >= 15 is 8.78 Å². The van der Waals surface area contributed by atoms with Crippen LogP contribution in [0.1, 0.15) is 5.69 Å². The maximum atomic E-state index is 15.0. The molecule has 0 spiro atoms. The van der Waals surface area contributed by atoms with Crippen molar-refractivity contribution in [3.63, 3.8) is 0 Å². The lowest BCUT2D eigenvalue weighted by atomic mass is 10.1. The third-order valence-corrected chi connectivity index (χ3v) is 7.80. The summed E-state index contributed by atoms with van der Waals surface area (Å²) in [4.78, 5) is 11.4. The van der Waals surface area contributed by atoms with Crippen molar-refractivity contribution in [1.29, 1.82) is 5.26 Å². The number of rotatable bonds is 4. The van der Waals surface area contributed by atoms with Crippen LogP contribution in [0, 0.1) is 23.0 Å². The first-order chi connectivity index (χ1) is 16.8. The minimum Gasteiger partial charge on any atom is -0.364 e. The van der Waals surface area contributed by atoms with Crippen molar-refractivity contribution in [2.75, 3.05) is 38.1 Å². The van der Waals surface area contributed by atoms with Gasteiger partial charge >= 0.3 is 0 Å². The number of likely N-dealkylation sites (N-methyl/N-ethyl adjacent to an activating group) is 1. The van der Waals surface area contributed by atoms with Gasteiger partial charge in [0.2, 0.25) is 0 Å². The lowest BCUT2D eigenvalue weighted by molar-refractivity contribution is 0.310. The van der Waals surface area contributed by atoms with Gasteiger partial charge in [0.25, 0.3) is 10.0 Å². The lowest BCUT2D eigenvalue weighted by Crippen LogP contribution is -2.45. The highest BCUT2D eigenvalue weighted by atomic mass is 32.2. The van der Waals surface area contributed by atoms with Gasteiger partial charge in [-0.25, -0.2) is 26.2 Å². The molecule has 5 rings (SSSR count). The van der Waals surface area contributed by atoms with Gasteiger partial charge in [0.1, 0.15) is 17.5 Å². The van der Waals surface area contributed by atoms with Gasteiger partial charge < -0.3 is 9.80 Å². The van der Waals surface area contributed by atoms with Crippen molar-refractivity contribution < 1.29 is 17.2 Å². The molecule has 3 aromatic heterocycles. The van der Waals surface area contributed by atoms with Crippen molar-refractivity contribution in [2.24, 2.45) is 0 Å². The molecule has 1 aromatic carbocycles. The smallest absolute Gasteiger partial charge is 0.268 e. The average Bonchev–Trinajstić information content (AvgIpc) is 3.30. The van der Waals surface area contributed by atoms with Crippen molar-refractivity contribution >= 4 is 26.6 Å². The Morgan fingerprint density at radius 3 is 2.34 bits per heavy atom. The van der Waals surface area contributed by atoms with Gasteiger partial charge in [-0.1, -0.05) is 0 Å². The topological polar surface area (TPSA) is 95.1 Å². The maximum absolute atomic E-state index is 15.0. The standard InChI is InChI=1S/C24H20F2N6O2S/c1-30-6-8-31(9-7-30)24-21(25)10-18(11-22(24)26)35(33,34)32-5-4-19-20(14-28-15-23(19)32)16-2-3-17(12-27)29-13-16/h2-5,10-11,13-15H,6-9H2,1H3. The van der Waals surface area contributed by atoms with E-state index in [1.807, 2.05) is 13.1 Å². The SMILES string of the molecule is CN1CCN(c2c(F)cc(S(=O)(=O)n3ccc4c(-c5ccc(C#N)nc5)cncc43)cc2F)CC1. The summed E-state index contributed by atoms with van der Waals surface area (Å²) in [5, 5.41) is 9.52. The van der Waals surface area contributed by atoms with E-state index in [9.17, 15) is 8.42 Å². The van der Waals surface area contributed by atoms with Crippen LogP contribution >= 0.6 is 0 Å². The largest absolute Gasteiger partial charge is 0.364 e. The van der Waals surface area contributed by atoms with Crippen LogP contribution < -0.4 is 4.90 Å². The molecule has 1 aliphatic heterocycles. The molecule has 11 heteroatoms. The zero-order valence-corrected chi connectivity index (χ0v) is 19.5. The van der Waals surface area contributed by atoms with E-state index in [1.54, 1.807) is 29.3 Å². The monoisotopic (exact) mass is 494 g/mol. The van der Waals surface area contributed by atoms with E-state index < -0.39 is 26.6 Å². The zero-order valence-electron chi connectivity index (χ0n) is 18.7. The maximum Gasteiger partial charge on any atom is 0.268 e.